The zero-order valence-electron chi connectivity index (χ0n) is 18.0. The summed E-state index contributed by atoms with van der Waals surface area (Å²) < 4.78 is 0. The van der Waals surface area contributed by atoms with E-state index in [-0.39, 0.29) is 0 Å². The highest BCUT2D eigenvalue weighted by Gasteiger charge is 2.27. The molecule has 2 heterocycles. The maximum atomic E-state index is 4.94. The van der Waals surface area contributed by atoms with Crippen molar-refractivity contribution >= 4 is 5.96 Å². The van der Waals surface area contributed by atoms with Crippen molar-refractivity contribution in [2.75, 3.05) is 52.4 Å². The quantitative estimate of drug-likeness (QED) is 0.387. The first-order chi connectivity index (χ1) is 12.5. The fourth-order valence-electron chi connectivity index (χ4n) is 4.48. The predicted octanol–water partition coefficient (Wildman–Crippen LogP) is 2.88. The van der Waals surface area contributed by atoms with Crippen molar-refractivity contribution in [3.05, 3.63) is 0 Å². The van der Waals surface area contributed by atoms with Gasteiger partial charge in [0.15, 0.2) is 5.96 Å². The molecule has 2 fully saturated rings. The van der Waals surface area contributed by atoms with Crippen LogP contribution in [0.1, 0.15) is 60.3 Å². The third kappa shape index (κ3) is 6.73. The molecular weight excluding hydrogens is 322 g/mol. The maximum Gasteiger partial charge on any atom is 0.193 e. The van der Waals surface area contributed by atoms with Gasteiger partial charge in [-0.05, 0) is 79.3 Å². The van der Waals surface area contributed by atoms with E-state index in [4.69, 9.17) is 4.99 Å². The van der Waals surface area contributed by atoms with Crippen LogP contribution in [0.15, 0.2) is 4.99 Å². The first-order valence-electron chi connectivity index (χ1n) is 11.0. The Morgan fingerprint density at radius 1 is 1.12 bits per heavy atom. The number of nitrogens with one attached hydrogen (secondary N) is 1. The minimum atomic E-state index is 0.608. The third-order valence-corrected chi connectivity index (χ3v) is 5.80. The van der Waals surface area contributed by atoms with E-state index in [0.717, 1.165) is 44.5 Å². The molecule has 0 aromatic heterocycles. The highest BCUT2D eigenvalue weighted by atomic mass is 15.3. The summed E-state index contributed by atoms with van der Waals surface area (Å²) in [6.07, 6.45) is 5.24. The van der Waals surface area contributed by atoms with Crippen molar-refractivity contribution < 1.29 is 0 Å². The molecule has 1 N–H and O–H groups in total. The maximum absolute atomic E-state index is 4.94. The van der Waals surface area contributed by atoms with E-state index in [2.05, 4.69) is 54.6 Å². The van der Waals surface area contributed by atoms with Crippen molar-refractivity contribution in [2.45, 2.75) is 72.4 Å². The number of guanidine groups is 1. The Balaban J connectivity index is 1.78. The summed E-state index contributed by atoms with van der Waals surface area (Å²) in [5.74, 6) is 1.95. The smallest absolute Gasteiger partial charge is 0.193 e. The van der Waals surface area contributed by atoms with Gasteiger partial charge < -0.3 is 15.1 Å². The predicted molar refractivity (Wildman–Crippen MR) is 113 cm³/mol. The molecule has 152 valence electrons. The summed E-state index contributed by atoms with van der Waals surface area (Å²) in [6.45, 7) is 20.6. The van der Waals surface area contributed by atoms with E-state index in [1.807, 2.05) is 0 Å². The van der Waals surface area contributed by atoms with Gasteiger partial charge in [-0.15, -0.1) is 0 Å². The molecule has 2 aliphatic rings. The van der Waals surface area contributed by atoms with E-state index in [9.17, 15) is 0 Å². The SMILES string of the molecule is CCNC(=NCCCN(C(C)C)C(C)C)N1CCC(CN2CCCC2)C1. The molecule has 0 saturated carbocycles. The molecule has 0 aromatic rings. The van der Waals surface area contributed by atoms with Crippen LogP contribution in [0, 0.1) is 5.92 Å². The number of hydrogen-bond donors (Lipinski definition) is 1. The molecule has 0 radical (unpaired) electrons. The van der Waals surface area contributed by atoms with Crippen molar-refractivity contribution in [1.82, 2.24) is 20.0 Å². The fraction of sp³-hybridized carbons (Fsp3) is 0.952. The van der Waals surface area contributed by atoms with Crippen molar-refractivity contribution in [2.24, 2.45) is 10.9 Å². The molecule has 1 atom stereocenters. The molecular formula is C21H43N5. The van der Waals surface area contributed by atoms with Gasteiger partial charge in [0.1, 0.15) is 0 Å². The summed E-state index contributed by atoms with van der Waals surface area (Å²) in [6, 6.07) is 1.22. The lowest BCUT2D eigenvalue weighted by molar-refractivity contribution is 0.174. The van der Waals surface area contributed by atoms with Gasteiger partial charge in [0.25, 0.3) is 0 Å². The van der Waals surface area contributed by atoms with Crippen molar-refractivity contribution in [3.63, 3.8) is 0 Å². The molecule has 0 amide bonds. The van der Waals surface area contributed by atoms with E-state index >= 15 is 0 Å². The molecule has 5 nitrogen and oxygen atoms in total. The van der Waals surface area contributed by atoms with Crippen LogP contribution < -0.4 is 5.32 Å². The zero-order chi connectivity index (χ0) is 18.9. The second-order valence-electron chi connectivity index (χ2n) is 8.62. The van der Waals surface area contributed by atoms with Gasteiger partial charge in [-0.25, -0.2) is 0 Å². The van der Waals surface area contributed by atoms with Crippen molar-refractivity contribution in [3.8, 4) is 0 Å². The molecule has 0 aromatic carbocycles. The minimum absolute atomic E-state index is 0.608. The monoisotopic (exact) mass is 365 g/mol. The van der Waals surface area contributed by atoms with Gasteiger partial charge in [-0.2, -0.15) is 0 Å². The van der Waals surface area contributed by atoms with Gasteiger partial charge in [-0.3, -0.25) is 9.89 Å². The normalized spacial score (nSPS) is 22.4. The molecule has 1 unspecified atom stereocenters. The Labute approximate surface area is 162 Å². The topological polar surface area (TPSA) is 34.1 Å². The van der Waals surface area contributed by atoms with Gasteiger partial charge in [-0.1, -0.05) is 0 Å². The van der Waals surface area contributed by atoms with Crippen LogP contribution >= 0.6 is 0 Å². The van der Waals surface area contributed by atoms with Gasteiger partial charge in [0.05, 0.1) is 0 Å². The Bertz CT molecular complexity index is 407. The third-order valence-electron chi connectivity index (χ3n) is 5.80. The summed E-state index contributed by atoms with van der Waals surface area (Å²) in [7, 11) is 0. The van der Waals surface area contributed by atoms with Crippen LogP contribution in [0.5, 0.6) is 0 Å². The van der Waals surface area contributed by atoms with Crippen LogP contribution in [0.3, 0.4) is 0 Å². The van der Waals surface area contributed by atoms with E-state index in [0.29, 0.717) is 12.1 Å². The van der Waals surface area contributed by atoms with E-state index in [1.165, 1.54) is 45.4 Å². The molecule has 0 spiro atoms. The molecule has 0 aliphatic carbocycles. The summed E-state index contributed by atoms with van der Waals surface area (Å²) >= 11 is 0. The molecule has 2 aliphatic heterocycles. The van der Waals surface area contributed by atoms with Gasteiger partial charge >= 0.3 is 0 Å². The number of likely N-dealkylation sites (tertiary alicyclic amines) is 2. The minimum Gasteiger partial charge on any atom is -0.357 e. The van der Waals surface area contributed by atoms with Crippen molar-refractivity contribution in [1.29, 1.82) is 0 Å². The standard InChI is InChI=1S/C21H43N5/c1-6-22-21(23-11-9-14-26(18(2)3)19(4)5)25-15-10-20(17-25)16-24-12-7-8-13-24/h18-20H,6-17H2,1-5H3,(H,22,23). The van der Waals surface area contributed by atoms with E-state index < -0.39 is 0 Å². The Hall–Kier alpha value is -0.810. The fourth-order valence-corrected chi connectivity index (χ4v) is 4.48. The average Bonchev–Trinajstić information content (AvgIpc) is 3.25. The van der Waals surface area contributed by atoms with Crippen LogP contribution in [-0.4, -0.2) is 85.1 Å². The van der Waals surface area contributed by atoms with Crippen LogP contribution in [0.4, 0.5) is 0 Å². The van der Waals surface area contributed by atoms with E-state index in [1.54, 1.807) is 0 Å². The molecule has 5 heteroatoms. The average molecular weight is 366 g/mol. The first-order valence-corrected chi connectivity index (χ1v) is 11.0. The summed E-state index contributed by atoms with van der Waals surface area (Å²) in [5.41, 5.74) is 0. The van der Waals surface area contributed by atoms with Crippen LogP contribution in [0.25, 0.3) is 0 Å². The molecule has 2 rings (SSSR count). The molecule has 26 heavy (non-hydrogen) atoms. The van der Waals surface area contributed by atoms with Gasteiger partial charge in [0, 0.05) is 51.4 Å². The lowest BCUT2D eigenvalue weighted by Gasteiger charge is -2.30. The lowest BCUT2D eigenvalue weighted by atomic mass is 10.1. The highest BCUT2D eigenvalue weighted by Crippen LogP contribution is 2.20. The molecule has 0 bridgehead atoms. The zero-order valence-corrected chi connectivity index (χ0v) is 18.0. The molecule has 2 saturated heterocycles. The lowest BCUT2D eigenvalue weighted by Crippen LogP contribution is -2.41. The largest absolute Gasteiger partial charge is 0.357 e. The van der Waals surface area contributed by atoms with Crippen LogP contribution in [0.2, 0.25) is 0 Å². The number of rotatable bonds is 9. The Morgan fingerprint density at radius 2 is 1.81 bits per heavy atom. The summed E-state index contributed by atoms with van der Waals surface area (Å²) in [5, 5.41) is 3.52. The Kier molecular flexibility index (Phi) is 9.20. The van der Waals surface area contributed by atoms with Gasteiger partial charge in [0.2, 0.25) is 0 Å². The second kappa shape index (κ2) is 11.1. The number of hydrogen-bond acceptors (Lipinski definition) is 3. The number of nitrogens with zero attached hydrogens (tertiary/aromatic N) is 4. The highest BCUT2D eigenvalue weighted by molar-refractivity contribution is 5.80. The number of aliphatic imine (C=N–C) groups is 1. The van der Waals surface area contributed by atoms with Crippen LogP contribution in [-0.2, 0) is 0 Å². The first kappa shape index (κ1) is 21.5. The Morgan fingerprint density at radius 3 is 2.42 bits per heavy atom. The summed E-state index contributed by atoms with van der Waals surface area (Å²) in [4.78, 5) is 12.7. The second-order valence-corrected chi connectivity index (χ2v) is 8.62.